The maximum atomic E-state index is 6.11. The quantitative estimate of drug-likeness (QED) is 0.399. The van der Waals surface area contributed by atoms with Gasteiger partial charge in [-0.05, 0) is 52.2 Å². The topological polar surface area (TPSA) is 17.8 Å². The van der Waals surface area contributed by atoms with Crippen LogP contribution in [0.5, 0.6) is 0 Å². The Labute approximate surface area is 147 Å². The van der Waals surface area contributed by atoms with Crippen LogP contribution in [0.3, 0.4) is 0 Å². The average Bonchev–Trinajstić information content (AvgIpc) is 3.06. The molecule has 0 aliphatic rings. The highest BCUT2D eigenvalue weighted by Gasteiger charge is 2.24. The molecule has 2 nitrogen and oxygen atoms in total. The minimum Gasteiger partial charge on any atom is -0.326 e. The molecule has 3 aromatic rings. The van der Waals surface area contributed by atoms with Gasteiger partial charge in [-0.3, -0.25) is 0 Å². The summed E-state index contributed by atoms with van der Waals surface area (Å²) in [4.78, 5) is 6.07. The van der Waals surface area contributed by atoms with Gasteiger partial charge in [-0.1, -0.05) is 19.9 Å². The molecule has 1 aromatic carbocycles. The Morgan fingerprint density at radius 2 is 2.14 bits per heavy atom. The Balaban J connectivity index is 2.07. The summed E-state index contributed by atoms with van der Waals surface area (Å²) in [5, 5.41) is 2.13. The number of thiophene rings is 1. The molecule has 5 heteroatoms. The van der Waals surface area contributed by atoms with E-state index in [0.717, 1.165) is 23.4 Å². The maximum absolute atomic E-state index is 6.11. The Bertz CT molecular complexity index is 762. The Hall–Kier alpha value is -0.590. The van der Waals surface area contributed by atoms with Gasteiger partial charge in [0.1, 0.15) is 5.82 Å². The molecule has 0 aliphatic carbocycles. The molecule has 2 aromatic heterocycles. The predicted molar refractivity (Wildman–Crippen MR) is 99.4 cm³/mol. The zero-order chi connectivity index (χ0) is 15.0. The summed E-state index contributed by atoms with van der Waals surface area (Å²) in [5.41, 5.74) is 2.25. The van der Waals surface area contributed by atoms with Crippen LogP contribution in [0, 0.1) is 3.57 Å². The molecular formula is C16H16ClIN2S. The highest BCUT2D eigenvalue weighted by Crippen LogP contribution is 2.31. The van der Waals surface area contributed by atoms with Crippen LogP contribution >= 0.6 is 45.5 Å². The first-order valence-electron chi connectivity index (χ1n) is 6.76. The van der Waals surface area contributed by atoms with Gasteiger partial charge in [-0.2, -0.15) is 0 Å². The number of nitrogens with zero attached hydrogens (tertiary/aromatic N) is 2. The monoisotopic (exact) mass is 430 g/mol. The summed E-state index contributed by atoms with van der Waals surface area (Å²) < 4.78 is 3.46. The number of halogens is 2. The average molecular weight is 431 g/mol. The molecule has 0 radical (unpaired) electrons. The molecule has 0 bridgehead atoms. The van der Waals surface area contributed by atoms with Crippen LogP contribution in [0.4, 0.5) is 0 Å². The molecular weight excluding hydrogens is 415 g/mol. The van der Waals surface area contributed by atoms with Crippen molar-refractivity contribution in [1.29, 1.82) is 0 Å². The summed E-state index contributed by atoms with van der Waals surface area (Å²) in [6, 6.07) is 10.7. The van der Waals surface area contributed by atoms with E-state index < -0.39 is 0 Å². The van der Waals surface area contributed by atoms with E-state index in [9.17, 15) is 0 Å². The molecule has 0 amide bonds. The zero-order valence-corrected chi connectivity index (χ0v) is 15.7. The first kappa shape index (κ1) is 15.3. The van der Waals surface area contributed by atoms with E-state index in [4.69, 9.17) is 11.6 Å². The Morgan fingerprint density at radius 3 is 2.81 bits per heavy atom. The van der Waals surface area contributed by atoms with E-state index in [1.54, 1.807) is 11.3 Å². The van der Waals surface area contributed by atoms with Crippen LogP contribution in [0.2, 0.25) is 0 Å². The fourth-order valence-electron chi connectivity index (χ4n) is 2.57. The van der Waals surface area contributed by atoms with Crippen molar-refractivity contribution in [3.8, 4) is 0 Å². The standard InChI is InChI=1S/C16H16ClIN2S/c1-16(2,14-4-3-7-21-14)10-20-13-6-5-11(18)8-12(13)19-15(20)9-17/h3-8H,9-10H2,1-2H3. The van der Waals surface area contributed by atoms with Crippen LogP contribution in [-0.2, 0) is 17.8 Å². The van der Waals surface area contributed by atoms with Crippen LogP contribution < -0.4 is 0 Å². The third-order valence-electron chi connectivity index (χ3n) is 3.65. The van der Waals surface area contributed by atoms with Crippen molar-refractivity contribution in [3.05, 3.63) is 50.0 Å². The van der Waals surface area contributed by atoms with Crippen molar-refractivity contribution in [2.45, 2.75) is 31.7 Å². The van der Waals surface area contributed by atoms with Crippen LogP contribution in [0.15, 0.2) is 35.7 Å². The summed E-state index contributed by atoms with van der Waals surface area (Å²) in [7, 11) is 0. The fraction of sp³-hybridized carbons (Fsp3) is 0.312. The van der Waals surface area contributed by atoms with Gasteiger partial charge in [0.25, 0.3) is 0 Å². The van der Waals surface area contributed by atoms with E-state index in [1.165, 1.54) is 8.45 Å². The van der Waals surface area contributed by atoms with Gasteiger partial charge in [0.2, 0.25) is 0 Å². The molecule has 21 heavy (non-hydrogen) atoms. The van der Waals surface area contributed by atoms with Crippen molar-refractivity contribution >= 4 is 56.6 Å². The molecule has 2 heterocycles. The molecule has 3 rings (SSSR count). The van der Waals surface area contributed by atoms with E-state index in [0.29, 0.717) is 5.88 Å². The third-order valence-corrected chi connectivity index (χ3v) is 5.80. The summed E-state index contributed by atoms with van der Waals surface area (Å²) in [5.74, 6) is 1.38. The van der Waals surface area contributed by atoms with E-state index in [-0.39, 0.29) is 5.41 Å². The second kappa shape index (κ2) is 5.89. The first-order valence-corrected chi connectivity index (χ1v) is 9.25. The minimum atomic E-state index is 0.0611. The molecule has 0 fully saturated rings. The molecule has 110 valence electrons. The second-order valence-corrected chi connectivity index (χ2v) is 8.20. The number of hydrogen-bond acceptors (Lipinski definition) is 2. The van der Waals surface area contributed by atoms with Crippen molar-refractivity contribution in [2.75, 3.05) is 0 Å². The highest BCUT2D eigenvalue weighted by atomic mass is 127. The molecule has 0 N–H and O–H groups in total. The number of alkyl halides is 1. The lowest BCUT2D eigenvalue weighted by Gasteiger charge is -2.25. The van der Waals surface area contributed by atoms with Gasteiger partial charge in [-0.15, -0.1) is 22.9 Å². The van der Waals surface area contributed by atoms with Crippen molar-refractivity contribution < 1.29 is 0 Å². The Kier molecular flexibility index (Phi) is 4.30. The van der Waals surface area contributed by atoms with Crippen LogP contribution in [0.25, 0.3) is 11.0 Å². The Morgan fingerprint density at radius 1 is 1.33 bits per heavy atom. The minimum absolute atomic E-state index is 0.0611. The normalized spacial score (nSPS) is 12.2. The largest absolute Gasteiger partial charge is 0.326 e. The van der Waals surface area contributed by atoms with Gasteiger partial charge in [-0.25, -0.2) is 4.98 Å². The van der Waals surface area contributed by atoms with E-state index in [2.05, 4.69) is 81.7 Å². The predicted octanol–water partition coefficient (Wildman–Crippen LogP) is 5.42. The lowest BCUT2D eigenvalue weighted by Crippen LogP contribution is -2.24. The fourth-order valence-corrected chi connectivity index (χ4v) is 4.09. The lowest BCUT2D eigenvalue weighted by molar-refractivity contribution is 0.443. The van der Waals surface area contributed by atoms with Gasteiger partial charge in [0.15, 0.2) is 0 Å². The maximum Gasteiger partial charge on any atom is 0.124 e. The molecule has 0 spiro atoms. The van der Waals surface area contributed by atoms with Crippen molar-refractivity contribution in [2.24, 2.45) is 0 Å². The van der Waals surface area contributed by atoms with E-state index in [1.807, 2.05) is 0 Å². The van der Waals surface area contributed by atoms with Gasteiger partial charge in [0, 0.05) is 20.4 Å². The van der Waals surface area contributed by atoms with Crippen molar-refractivity contribution in [3.63, 3.8) is 0 Å². The van der Waals surface area contributed by atoms with E-state index >= 15 is 0 Å². The van der Waals surface area contributed by atoms with Crippen molar-refractivity contribution in [1.82, 2.24) is 9.55 Å². The number of hydrogen-bond donors (Lipinski definition) is 0. The third kappa shape index (κ3) is 2.98. The molecule has 0 saturated heterocycles. The van der Waals surface area contributed by atoms with Crippen LogP contribution in [-0.4, -0.2) is 9.55 Å². The number of fused-ring (bicyclic) bond motifs is 1. The summed E-state index contributed by atoms with van der Waals surface area (Å²) in [6.07, 6.45) is 0. The molecule has 0 saturated carbocycles. The zero-order valence-electron chi connectivity index (χ0n) is 11.9. The summed E-state index contributed by atoms with van der Waals surface area (Å²) in [6.45, 7) is 5.43. The molecule has 0 atom stereocenters. The van der Waals surface area contributed by atoms with Gasteiger partial charge < -0.3 is 4.57 Å². The summed E-state index contributed by atoms with van der Waals surface area (Å²) >= 11 is 10.2. The van der Waals surface area contributed by atoms with Gasteiger partial charge >= 0.3 is 0 Å². The number of rotatable bonds is 4. The van der Waals surface area contributed by atoms with Gasteiger partial charge in [0.05, 0.1) is 16.9 Å². The lowest BCUT2D eigenvalue weighted by atomic mass is 9.91. The first-order chi connectivity index (χ1) is 10.0. The SMILES string of the molecule is CC(C)(Cn1c(CCl)nc2cc(I)ccc21)c1cccs1. The molecule has 0 unspecified atom stereocenters. The number of imidazole rings is 1. The highest BCUT2D eigenvalue weighted by molar-refractivity contribution is 14.1. The second-order valence-electron chi connectivity index (χ2n) is 5.74. The smallest absolute Gasteiger partial charge is 0.124 e. The number of aromatic nitrogens is 2. The molecule has 0 aliphatic heterocycles. The number of benzene rings is 1. The van der Waals surface area contributed by atoms with Crippen LogP contribution in [0.1, 0.15) is 24.5 Å².